The van der Waals surface area contributed by atoms with Crippen molar-refractivity contribution in [3.8, 4) is 5.75 Å². The summed E-state index contributed by atoms with van der Waals surface area (Å²) in [6.07, 6.45) is 3.68. The fourth-order valence-electron chi connectivity index (χ4n) is 2.03. The number of hydrogen-bond acceptors (Lipinski definition) is 3. The second-order valence-corrected chi connectivity index (χ2v) is 4.18. The van der Waals surface area contributed by atoms with E-state index in [1.54, 1.807) is 6.20 Å². The smallest absolute Gasteiger partial charge is 0.139 e. The summed E-state index contributed by atoms with van der Waals surface area (Å²) in [5, 5.41) is 4.47. The van der Waals surface area contributed by atoms with Crippen molar-refractivity contribution in [1.29, 1.82) is 0 Å². The first-order valence-corrected chi connectivity index (χ1v) is 6.29. The molecule has 0 fully saturated rings. The fraction of sp³-hybridized carbons (Fsp3) is 0.133. The topological polar surface area (TPSA) is 49.9 Å². The molecule has 2 N–H and O–H groups in total. The molecule has 4 nitrogen and oxygen atoms in total. The zero-order valence-electron chi connectivity index (χ0n) is 10.7. The second-order valence-electron chi connectivity index (χ2n) is 4.18. The van der Waals surface area contributed by atoms with Gasteiger partial charge in [0.2, 0.25) is 0 Å². The van der Waals surface area contributed by atoms with Crippen LogP contribution < -0.4 is 10.1 Å². The van der Waals surface area contributed by atoms with Crippen molar-refractivity contribution >= 4 is 22.4 Å². The summed E-state index contributed by atoms with van der Waals surface area (Å²) in [7, 11) is 0. The summed E-state index contributed by atoms with van der Waals surface area (Å²) in [6.45, 7) is 2.66. The van der Waals surface area contributed by atoms with Gasteiger partial charge in [0.05, 0.1) is 12.3 Å². The number of rotatable bonds is 4. The third-order valence-electron chi connectivity index (χ3n) is 2.90. The molecule has 0 unspecified atom stereocenters. The molecule has 0 atom stereocenters. The fourth-order valence-corrected chi connectivity index (χ4v) is 2.03. The average Bonchev–Trinajstić information content (AvgIpc) is 2.91. The SMILES string of the molecule is CCOc1ccc(Nc2ccnc3[nH]ccc23)cc1. The zero-order chi connectivity index (χ0) is 13.1. The molecule has 0 aliphatic rings. The van der Waals surface area contributed by atoms with Crippen molar-refractivity contribution in [2.75, 3.05) is 11.9 Å². The Morgan fingerprint density at radius 2 is 2.00 bits per heavy atom. The normalized spacial score (nSPS) is 10.6. The monoisotopic (exact) mass is 253 g/mol. The Morgan fingerprint density at radius 3 is 2.79 bits per heavy atom. The minimum absolute atomic E-state index is 0.682. The number of aromatic amines is 1. The molecule has 4 heteroatoms. The summed E-state index contributed by atoms with van der Waals surface area (Å²) >= 11 is 0. The maximum atomic E-state index is 5.43. The van der Waals surface area contributed by atoms with E-state index >= 15 is 0 Å². The van der Waals surface area contributed by atoms with Crippen LogP contribution in [0.5, 0.6) is 5.75 Å². The first-order chi connectivity index (χ1) is 9.36. The van der Waals surface area contributed by atoms with E-state index in [0.29, 0.717) is 6.61 Å². The lowest BCUT2D eigenvalue weighted by molar-refractivity contribution is 0.340. The molecular weight excluding hydrogens is 238 g/mol. The quantitative estimate of drug-likeness (QED) is 0.745. The second kappa shape index (κ2) is 5.02. The lowest BCUT2D eigenvalue weighted by Crippen LogP contribution is -1.93. The van der Waals surface area contributed by atoms with Crippen LogP contribution in [0, 0.1) is 0 Å². The van der Waals surface area contributed by atoms with Gasteiger partial charge in [-0.25, -0.2) is 4.98 Å². The van der Waals surface area contributed by atoms with E-state index in [9.17, 15) is 0 Å². The van der Waals surface area contributed by atoms with E-state index < -0.39 is 0 Å². The highest BCUT2D eigenvalue weighted by Crippen LogP contribution is 2.25. The number of nitrogens with one attached hydrogen (secondary N) is 2. The molecule has 0 bridgehead atoms. The predicted molar refractivity (Wildman–Crippen MR) is 77.0 cm³/mol. The van der Waals surface area contributed by atoms with E-state index in [2.05, 4.69) is 15.3 Å². The summed E-state index contributed by atoms with van der Waals surface area (Å²) in [5.41, 5.74) is 2.95. The van der Waals surface area contributed by atoms with Crippen LogP contribution in [0.2, 0.25) is 0 Å². The Kier molecular flexibility index (Phi) is 3.06. The molecule has 0 amide bonds. The van der Waals surface area contributed by atoms with Crippen molar-refractivity contribution < 1.29 is 4.74 Å². The third kappa shape index (κ3) is 2.38. The molecule has 3 aromatic rings. The van der Waals surface area contributed by atoms with Gasteiger partial charge in [-0.1, -0.05) is 0 Å². The van der Waals surface area contributed by atoms with Gasteiger partial charge in [0.1, 0.15) is 11.4 Å². The molecule has 0 saturated heterocycles. The van der Waals surface area contributed by atoms with Crippen LogP contribution >= 0.6 is 0 Å². The molecule has 3 rings (SSSR count). The molecule has 96 valence electrons. The zero-order valence-corrected chi connectivity index (χ0v) is 10.7. The molecular formula is C15H15N3O. The first-order valence-electron chi connectivity index (χ1n) is 6.29. The predicted octanol–water partition coefficient (Wildman–Crippen LogP) is 3.71. The minimum Gasteiger partial charge on any atom is -0.494 e. The number of fused-ring (bicyclic) bond motifs is 1. The van der Waals surface area contributed by atoms with E-state index in [-0.39, 0.29) is 0 Å². The third-order valence-corrected chi connectivity index (χ3v) is 2.90. The Labute approximate surface area is 111 Å². The Morgan fingerprint density at radius 1 is 1.16 bits per heavy atom. The van der Waals surface area contributed by atoms with Gasteiger partial charge in [-0.3, -0.25) is 0 Å². The molecule has 2 aromatic heterocycles. The molecule has 19 heavy (non-hydrogen) atoms. The van der Waals surface area contributed by atoms with Crippen LogP contribution in [0.4, 0.5) is 11.4 Å². The van der Waals surface area contributed by atoms with Crippen molar-refractivity contribution in [3.63, 3.8) is 0 Å². The van der Waals surface area contributed by atoms with Crippen LogP contribution in [0.1, 0.15) is 6.92 Å². The van der Waals surface area contributed by atoms with Crippen LogP contribution in [-0.2, 0) is 0 Å². The molecule has 0 spiro atoms. The van der Waals surface area contributed by atoms with Gasteiger partial charge < -0.3 is 15.0 Å². The Hall–Kier alpha value is -2.49. The van der Waals surface area contributed by atoms with Crippen LogP contribution in [-0.4, -0.2) is 16.6 Å². The summed E-state index contributed by atoms with van der Waals surface area (Å²) in [5.74, 6) is 0.884. The lowest BCUT2D eigenvalue weighted by atomic mass is 10.2. The highest BCUT2D eigenvalue weighted by atomic mass is 16.5. The van der Waals surface area contributed by atoms with Gasteiger partial charge in [-0.15, -0.1) is 0 Å². The van der Waals surface area contributed by atoms with E-state index in [0.717, 1.165) is 28.2 Å². The van der Waals surface area contributed by atoms with Gasteiger partial charge in [0.25, 0.3) is 0 Å². The number of H-pyrrole nitrogens is 1. The number of ether oxygens (including phenoxy) is 1. The molecule has 1 aromatic carbocycles. The Balaban J connectivity index is 1.86. The number of pyridine rings is 1. The number of nitrogens with zero attached hydrogens (tertiary/aromatic N) is 1. The average molecular weight is 253 g/mol. The number of aromatic nitrogens is 2. The van der Waals surface area contributed by atoms with E-state index in [1.807, 2.05) is 49.5 Å². The number of anilines is 2. The van der Waals surface area contributed by atoms with Gasteiger partial charge in [-0.2, -0.15) is 0 Å². The maximum absolute atomic E-state index is 5.43. The molecule has 0 radical (unpaired) electrons. The highest BCUT2D eigenvalue weighted by Gasteiger charge is 2.03. The van der Waals surface area contributed by atoms with Gasteiger partial charge in [0, 0.05) is 23.5 Å². The van der Waals surface area contributed by atoms with E-state index in [4.69, 9.17) is 4.74 Å². The van der Waals surface area contributed by atoms with Crippen LogP contribution in [0.3, 0.4) is 0 Å². The van der Waals surface area contributed by atoms with E-state index in [1.165, 1.54) is 0 Å². The molecule has 0 saturated carbocycles. The summed E-state index contributed by atoms with van der Waals surface area (Å²) in [6, 6.07) is 11.9. The molecule has 0 aliphatic carbocycles. The Bertz CT molecular complexity index is 673. The molecule has 0 aliphatic heterocycles. The minimum atomic E-state index is 0.682. The maximum Gasteiger partial charge on any atom is 0.139 e. The highest BCUT2D eigenvalue weighted by molar-refractivity contribution is 5.91. The van der Waals surface area contributed by atoms with Crippen LogP contribution in [0.25, 0.3) is 11.0 Å². The van der Waals surface area contributed by atoms with Crippen molar-refractivity contribution in [1.82, 2.24) is 9.97 Å². The van der Waals surface area contributed by atoms with Crippen molar-refractivity contribution in [3.05, 3.63) is 48.8 Å². The number of hydrogen-bond donors (Lipinski definition) is 2. The largest absolute Gasteiger partial charge is 0.494 e. The molecule has 2 heterocycles. The summed E-state index contributed by atoms with van der Waals surface area (Å²) < 4.78 is 5.43. The van der Waals surface area contributed by atoms with Crippen molar-refractivity contribution in [2.24, 2.45) is 0 Å². The first kappa shape index (κ1) is 11.6. The van der Waals surface area contributed by atoms with Gasteiger partial charge >= 0.3 is 0 Å². The standard InChI is InChI=1S/C15H15N3O/c1-2-19-12-5-3-11(4-6-12)18-14-8-10-17-15-13(14)7-9-16-15/h3-10H,2H2,1H3,(H2,16,17,18). The van der Waals surface area contributed by atoms with Crippen LogP contribution in [0.15, 0.2) is 48.8 Å². The van der Waals surface area contributed by atoms with Gasteiger partial charge in [0.15, 0.2) is 0 Å². The number of benzene rings is 1. The lowest BCUT2D eigenvalue weighted by Gasteiger charge is -2.08. The van der Waals surface area contributed by atoms with Gasteiger partial charge in [-0.05, 0) is 43.3 Å². The van der Waals surface area contributed by atoms with Crippen molar-refractivity contribution in [2.45, 2.75) is 6.92 Å². The summed E-state index contributed by atoms with van der Waals surface area (Å²) in [4.78, 5) is 7.37.